The van der Waals surface area contributed by atoms with E-state index < -0.39 is 5.91 Å². The number of hydrazine groups is 1. The van der Waals surface area contributed by atoms with Gasteiger partial charge >= 0.3 is 0 Å². The normalized spacial score (nSPS) is 15.8. The van der Waals surface area contributed by atoms with Crippen LogP contribution in [-0.4, -0.2) is 36.2 Å². The second kappa shape index (κ2) is 9.00. The number of likely N-dealkylation sites (N-methyl/N-ethyl adjacent to an activating group) is 1. The van der Waals surface area contributed by atoms with Crippen LogP contribution in [-0.2, 0) is 17.6 Å². The minimum atomic E-state index is -0.454. The average molecular weight is 428 g/mol. The minimum absolute atomic E-state index is 0.151. The Morgan fingerprint density at radius 2 is 1.83 bits per heavy atom. The lowest BCUT2D eigenvalue weighted by Crippen LogP contribution is -2.46. The van der Waals surface area contributed by atoms with Crippen LogP contribution in [0.25, 0.3) is 0 Å². The van der Waals surface area contributed by atoms with Crippen LogP contribution in [0.2, 0.25) is 0 Å². The Morgan fingerprint density at radius 1 is 1.13 bits per heavy atom. The molecule has 2 aromatic rings. The average Bonchev–Trinajstić information content (AvgIpc) is 3.15. The molecule has 1 atom stereocenters. The van der Waals surface area contributed by atoms with Crippen molar-refractivity contribution in [3.63, 3.8) is 0 Å². The van der Waals surface area contributed by atoms with Gasteiger partial charge < -0.3 is 4.90 Å². The smallest absolute Gasteiger partial charge is 0.279 e. The van der Waals surface area contributed by atoms with Crippen LogP contribution in [0.3, 0.4) is 0 Å². The molecule has 1 aromatic heterocycles. The summed E-state index contributed by atoms with van der Waals surface area (Å²) in [7, 11) is 1.55. The van der Waals surface area contributed by atoms with Gasteiger partial charge in [0.25, 0.3) is 17.7 Å². The topological polar surface area (TPSA) is 78.5 Å². The molecule has 0 saturated heterocycles. The highest BCUT2D eigenvalue weighted by atomic mass is 32.1. The van der Waals surface area contributed by atoms with E-state index in [1.54, 1.807) is 31.3 Å². The van der Waals surface area contributed by atoms with E-state index in [-0.39, 0.29) is 23.8 Å². The monoisotopic (exact) mass is 427 g/mol. The van der Waals surface area contributed by atoms with Gasteiger partial charge in [0.1, 0.15) is 6.54 Å². The zero-order chi connectivity index (χ0) is 21.9. The molecule has 30 heavy (non-hydrogen) atoms. The first-order valence-corrected chi connectivity index (χ1v) is 11.0. The summed E-state index contributed by atoms with van der Waals surface area (Å²) in [6.07, 6.45) is 3.12. The maximum atomic E-state index is 12.5. The number of aryl methyl sites for hydroxylation is 1. The Balaban J connectivity index is 1.52. The van der Waals surface area contributed by atoms with Gasteiger partial charge in [-0.15, -0.1) is 11.3 Å². The molecule has 1 heterocycles. The highest BCUT2D eigenvalue weighted by Gasteiger charge is 2.30. The highest BCUT2D eigenvalue weighted by Crippen LogP contribution is 2.40. The molecule has 0 fully saturated rings. The Hall–Kier alpha value is -2.67. The van der Waals surface area contributed by atoms with Gasteiger partial charge in [0, 0.05) is 17.5 Å². The van der Waals surface area contributed by atoms with Crippen molar-refractivity contribution in [2.45, 2.75) is 40.0 Å². The number of thiophene rings is 1. The van der Waals surface area contributed by atoms with Crippen LogP contribution in [0, 0.1) is 11.3 Å². The van der Waals surface area contributed by atoms with Crippen molar-refractivity contribution in [2.24, 2.45) is 11.3 Å². The third kappa shape index (κ3) is 5.27. The predicted molar refractivity (Wildman–Crippen MR) is 118 cm³/mol. The molecular formula is C23H29N3O3S. The van der Waals surface area contributed by atoms with Gasteiger partial charge in [-0.1, -0.05) is 39.0 Å². The number of nitrogens with one attached hydrogen (secondary N) is 2. The predicted octanol–water partition coefficient (Wildman–Crippen LogP) is 3.43. The molecule has 0 saturated carbocycles. The van der Waals surface area contributed by atoms with E-state index >= 15 is 0 Å². The number of carbonyl (C=O) groups excluding carboxylic acids is 3. The van der Waals surface area contributed by atoms with Gasteiger partial charge in [0.15, 0.2) is 0 Å². The van der Waals surface area contributed by atoms with Crippen molar-refractivity contribution >= 4 is 29.1 Å². The molecule has 0 aliphatic heterocycles. The zero-order valence-electron chi connectivity index (χ0n) is 18.0. The molecule has 0 radical (unpaired) electrons. The fourth-order valence-electron chi connectivity index (χ4n) is 3.69. The Kier molecular flexibility index (Phi) is 6.61. The second-order valence-corrected chi connectivity index (χ2v) is 10.0. The van der Waals surface area contributed by atoms with Crippen molar-refractivity contribution in [3.8, 4) is 0 Å². The summed E-state index contributed by atoms with van der Waals surface area (Å²) in [4.78, 5) is 40.1. The molecular weight excluding hydrogens is 398 g/mol. The van der Waals surface area contributed by atoms with Gasteiger partial charge in [-0.05, 0) is 54.4 Å². The van der Waals surface area contributed by atoms with E-state index in [2.05, 4.69) is 31.6 Å². The Bertz CT molecular complexity index is 931. The number of benzene rings is 1. The summed E-state index contributed by atoms with van der Waals surface area (Å²) in [5.74, 6) is -0.430. The van der Waals surface area contributed by atoms with E-state index in [0.29, 0.717) is 16.4 Å². The van der Waals surface area contributed by atoms with Crippen molar-refractivity contribution in [2.75, 3.05) is 13.6 Å². The molecule has 7 heteroatoms. The quantitative estimate of drug-likeness (QED) is 0.734. The summed E-state index contributed by atoms with van der Waals surface area (Å²) < 4.78 is 0. The van der Waals surface area contributed by atoms with E-state index in [4.69, 9.17) is 0 Å². The summed E-state index contributed by atoms with van der Waals surface area (Å²) in [6, 6.07) is 10.7. The first kappa shape index (κ1) is 22.0. The van der Waals surface area contributed by atoms with E-state index in [0.717, 1.165) is 19.3 Å². The van der Waals surface area contributed by atoms with Crippen LogP contribution in [0.15, 0.2) is 36.4 Å². The van der Waals surface area contributed by atoms with Gasteiger partial charge in [-0.25, -0.2) is 0 Å². The second-order valence-electron chi connectivity index (χ2n) is 8.89. The van der Waals surface area contributed by atoms with Crippen molar-refractivity contribution in [3.05, 3.63) is 57.3 Å². The summed E-state index contributed by atoms with van der Waals surface area (Å²) in [5, 5.41) is 0. The van der Waals surface area contributed by atoms with E-state index in [9.17, 15) is 14.4 Å². The summed E-state index contributed by atoms with van der Waals surface area (Å²) >= 11 is 1.50. The fraction of sp³-hybridized carbons (Fsp3) is 0.435. The zero-order valence-corrected chi connectivity index (χ0v) is 18.8. The largest absolute Gasteiger partial charge is 0.332 e. The standard InChI is InChI=1S/C23H29N3O3S/c1-23(2,3)17-10-11-18-16(12-17)13-19(30-18)21(28)25-24-20(27)14-26(4)22(29)15-8-6-5-7-9-15/h5-9,13,17H,10-12,14H2,1-4H3,(H,24,27)(H,25,28). The van der Waals surface area contributed by atoms with Crippen molar-refractivity contribution < 1.29 is 14.4 Å². The third-order valence-electron chi connectivity index (χ3n) is 5.60. The number of rotatable bonds is 4. The van der Waals surface area contributed by atoms with Gasteiger partial charge in [0.2, 0.25) is 0 Å². The number of nitrogens with zero attached hydrogens (tertiary/aromatic N) is 1. The van der Waals surface area contributed by atoms with Gasteiger partial charge in [-0.3, -0.25) is 25.2 Å². The van der Waals surface area contributed by atoms with Crippen molar-refractivity contribution in [1.82, 2.24) is 15.8 Å². The van der Waals surface area contributed by atoms with E-state index in [1.165, 1.54) is 26.7 Å². The fourth-order valence-corrected chi connectivity index (χ4v) is 4.79. The van der Waals surface area contributed by atoms with Crippen LogP contribution < -0.4 is 10.9 Å². The van der Waals surface area contributed by atoms with Crippen LogP contribution in [0.4, 0.5) is 0 Å². The lowest BCUT2D eigenvalue weighted by molar-refractivity contribution is -0.122. The number of hydrogen-bond acceptors (Lipinski definition) is 4. The SMILES string of the molecule is CN(CC(=O)NNC(=O)c1cc2c(s1)CCC(C(C)(C)C)C2)C(=O)c1ccccc1. The molecule has 1 unspecified atom stereocenters. The summed E-state index contributed by atoms with van der Waals surface area (Å²) in [6.45, 7) is 6.63. The lowest BCUT2D eigenvalue weighted by Gasteiger charge is -2.33. The molecule has 0 bridgehead atoms. The first-order chi connectivity index (χ1) is 14.1. The number of amides is 3. The number of fused-ring (bicyclic) bond motifs is 1. The van der Waals surface area contributed by atoms with Crippen molar-refractivity contribution in [1.29, 1.82) is 0 Å². The third-order valence-corrected chi connectivity index (χ3v) is 6.83. The molecule has 3 rings (SSSR count). The molecule has 0 spiro atoms. The molecule has 6 nitrogen and oxygen atoms in total. The van der Waals surface area contributed by atoms with Crippen LogP contribution in [0.5, 0.6) is 0 Å². The molecule has 3 amide bonds. The Morgan fingerprint density at radius 3 is 2.50 bits per heavy atom. The first-order valence-electron chi connectivity index (χ1n) is 10.2. The van der Waals surface area contributed by atoms with Gasteiger partial charge in [-0.2, -0.15) is 0 Å². The minimum Gasteiger partial charge on any atom is -0.332 e. The van der Waals surface area contributed by atoms with E-state index in [1.807, 2.05) is 12.1 Å². The molecule has 1 aromatic carbocycles. The molecule has 1 aliphatic rings. The number of carbonyl (C=O) groups is 3. The van der Waals surface area contributed by atoms with Crippen LogP contribution in [0.1, 0.15) is 57.7 Å². The Labute approximate surface area is 181 Å². The van der Waals surface area contributed by atoms with Gasteiger partial charge in [0.05, 0.1) is 4.88 Å². The lowest BCUT2D eigenvalue weighted by atomic mass is 9.72. The molecule has 160 valence electrons. The molecule has 2 N–H and O–H groups in total. The number of hydrogen-bond donors (Lipinski definition) is 2. The highest BCUT2D eigenvalue weighted by molar-refractivity contribution is 7.14. The molecule has 1 aliphatic carbocycles. The maximum absolute atomic E-state index is 12.5. The maximum Gasteiger partial charge on any atom is 0.279 e. The summed E-state index contributed by atoms with van der Waals surface area (Å²) in [5.41, 5.74) is 6.88. The van der Waals surface area contributed by atoms with Crippen LogP contribution >= 0.6 is 11.3 Å².